The highest BCUT2D eigenvalue weighted by molar-refractivity contribution is 6.02. The number of aliphatic carboxylic acids is 1. The SMILES string of the molecule is Cc1ccc(NC(=O)NC(=O)CC(C)(C)C(=O)O)cn1. The summed E-state index contributed by atoms with van der Waals surface area (Å²) >= 11 is 0. The van der Waals surface area contributed by atoms with Crippen molar-refractivity contribution in [2.24, 2.45) is 5.41 Å². The number of carbonyl (C=O) groups excluding carboxylic acids is 2. The first kappa shape index (κ1) is 15.6. The van der Waals surface area contributed by atoms with Crippen LogP contribution in [0.5, 0.6) is 0 Å². The van der Waals surface area contributed by atoms with Crippen molar-refractivity contribution in [1.29, 1.82) is 0 Å². The third-order valence-corrected chi connectivity index (χ3v) is 2.60. The average molecular weight is 279 g/mol. The van der Waals surface area contributed by atoms with Gasteiger partial charge in [-0.1, -0.05) is 0 Å². The maximum atomic E-state index is 11.6. The number of carboxylic acid groups (broad SMARTS) is 1. The van der Waals surface area contributed by atoms with Crippen LogP contribution in [0.3, 0.4) is 0 Å². The molecule has 0 saturated heterocycles. The highest BCUT2D eigenvalue weighted by Crippen LogP contribution is 2.19. The molecule has 0 aromatic carbocycles. The summed E-state index contributed by atoms with van der Waals surface area (Å²) in [7, 11) is 0. The van der Waals surface area contributed by atoms with Crippen LogP contribution in [0.2, 0.25) is 0 Å². The van der Waals surface area contributed by atoms with E-state index in [9.17, 15) is 14.4 Å². The normalized spacial score (nSPS) is 10.8. The molecule has 3 amide bonds. The number of aromatic nitrogens is 1. The average Bonchev–Trinajstić information content (AvgIpc) is 2.30. The number of aryl methyl sites for hydroxylation is 1. The third kappa shape index (κ3) is 4.68. The van der Waals surface area contributed by atoms with Gasteiger partial charge in [0.15, 0.2) is 0 Å². The number of hydrogen-bond acceptors (Lipinski definition) is 4. The zero-order valence-electron chi connectivity index (χ0n) is 11.6. The van der Waals surface area contributed by atoms with Crippen LogP contribution in [0.15, 0.2) is 18.3 Å². The van der Waals surface area contributed by atoms with Crippen LogP contribution in [-0.2, 0) is 9.59 Å². The Morgan fingerprint density at radius 2 is 1.95 bits per heavy atom. The van der Waals surface area contributed by atoms with Gasteiger partial charge in [-0.2, -0.15) is 0 Å². The Morgan fingerprint density at radius 3 is 2.45 bits per heavy atom. The minimum atomic E-state index is -1.23. The van der Waals surface area contributed by atoms with E-state index in [-0.39, 0.29) is 6.42 Å². The van der Waals surface area contributed by atoms with Gasteiger partial charge in [0.05, 0.1) is 17.3 Å². The van der Waals surface area contributed by atoms with Crippen LogP contribution in [-0.4, -0.2) is 28.0 Å². The van der Waals surface area contributed by atoms with Crippen molar-refractivity contribution < 1.29 is 19.5 Å². The maximum Gasteiger partial charge on any atom is 0.325 e. The smallest absolute Gasteiger partial charge is 0.325 e. The fourth-order valence-corrected chi connectivity index (χ4v) is 1.35. The molecule has 0 bridgehead atoms. The molecule has 0 unspecified atom stereocenters. The van der Waals surface area contributed by atoms with Crippen molar-refractivity contribution in [2.45, 2.75) is 27.2 Å². The van der Waals surface area contributed by atoms with Crippen LogP contribution in [0.1, 0.15) is 26.0 Å². The molecule has 0 fully saturated rings. The molecule has 0 atom stereocenters. The van der Waals surface area contributed by atoms with E-state index in [1.165, 1.54) is 20.0 Å². The predicted molar refractivity (Wildman–Crippen MR) is 72.2 cm³/mol. The van der Waals surface area contributed by atoms with Crippen LogP contribution in [0.25, 0.3) is 0 Å². The maximum absolute atomic E-state index is 11.6. The number of anilines is 1. The first-order valence-corrected chi connectivity index (χ1v) is 5.97. The number of hydrogen-bond donors (Lipinski definition) is 3. The van der Waals surface area contributed by atoms with Gasteiger partial charge in [0, 0.05) is 12.1 Å². The summed E-state index contributed by atoms with van der Waals surface area (Å²) in [6.45, 7) is 4.63. The van der Waals surface area contributed by atoms with Gasteiger partial charge in [0.2, 0.25) is 5.91 Å². The number of imide groups is 1. The molecule has 1 aromatic rings. The number of nitrogens with one attached hydrogen (secondary N) is 2. The van der Waals surface area contributed by atoms with Gasteiger partial charge in [-0.05, 0) is 32.9 Å². The number of pyridine rings is 1. The number of amides is 3. The van der Waals surface area contributed by atoms with E-state index in [4.69, 9.17) is 5.11 Å². The molecule has 1 aromatic heterocycles. The first-order chi connectivity index (χ1) is 9.20. The van der Waals surface area contributed by atoms with Crippen molar-refractivity contribution in [2.75, 3.05) is 5.32 Å². The predicted octanol–water partition coefficient (Wildman–Crippen LogP) is 1.54. The van der Waals surface area contributed by atoms with Gasteiger partial charge in [0.1, 0.15) is 0 Å². The molecule has 20 heavy (non-hydrogen) atoms. The van der Waals surface area contributed by atoms with Crippen molar-refractivity contribution in [3.63, 3.8) is 0 Å². The second kappa shape index (κ2) is 6.14. The largest absolute Gasteiger partial charge is 0.481 e. The van der Waals surface area contributed by atoms with Crippen molar-refractivity contribution in [1.82, 2.24) is 10.3 Å². The molecule has 7 nitrogen and oxygen atoms in total. The molecule has 1 heterocycles. The molecule has 1 rings (SSSR count). The zero-order chi connectivity index (χ0) is 15.3. The van der Waals surface area contributed by atoms with Crippen LogP contribution >= 0.6 is 0 Å². The summed E-state index contributed by atoms with van der Waals surface area (Å²) in [4.78, 5) is 38.0. The molecule has 0 radical (unpaired) electrons. The molecule has 0 aliphatic rings. The Morgan fingerprint density at radius 1 is 1.30 bits per heavy atom. The Labute approximate surface area is 116 Å². The summed E-state index contributed by atoms with van der Waals surface area (Å²) in [6, 6.07) is 2.64. The molecule has 0 spiro atoms. The van der Waals surface area contributed by atoms with Gasteiger partial charge < -0.3 is 10.4 Å². The van der Waals surface area contributed by atoms with E-state index in [0.29, 0.717) is 5.69 Å². The number of carboxylic acids is 1. The zero-order valence-corrected chi connectivity index (χ0v) is 11.6. The summed E-state index contributed by atoms with van der Waals surface area (Å²) in [6.07, 6.45) is 1.17. The molecule has 0 saturated carbocycles. The lowest BCUT2D eigenvalue weighted by Crippen LogP contribution is -2.38. The standard InChI is InChI=1S/C13H17N3O4/c1-8-4-5-9(7-14-8)15-12(20)16-10(17)6-13(2,3)11(18)19/h4-5,7H,6H2,1-3H3,(H,18,19)(H2,15,16,17,20). The van der Waals surface area contributed by atoms with Gasteiger partial charge in [-0.3, -0.25) is 19.9 Å². The van der Waals surface area contributed by atoms with Gasteiger partial charge in [0.25, 0.3) is 0 Å². The Balaban J connectivity index is 2.52. The van der Waals surface area contributed by atoms with Gasteiger partial charge in [-0.15, -0.1) is 0 Å². The molecular weight excluding hydrogens is 262 g/mol. The Kier molecular flexibility index (Phi) is 4.79. The number of urea groups is 1. The number of rotatable bonds is 4. The van der Waals surface area contributed by atoms with Crippen LogP contribution in [0.4, 0.5) is 10.5 Å². The second-order valence-corrected chi connectivity index (χ2v) is 5.06. The molecule has 0 aliphatic carbocycles. The van der Waals surface area contributed by atoms with E-state index in [2.05, 4.69) is 15.6 Å². The summed E-state index contributed by atoms with van der Waals surface area (Å²) in [5.74, 6) is -1.76. The van der Waals surface area contributed by atoms with Crippen LogP contribution in [0, 0.1) is 12.3 Å². The lowest BCUT2D eigenvalue weighted by Gasteiger charge is -2.17. The van der Waals surface area contributed by atoms with Crippen molar-refractivity contribution >= 4 is 23.6 Å². The Bertz CT molecular complexity index is 523. The molecule has 7 heteroatoms. The highest BCUT2D eigenvalue weighted by Gasteiger charge is 2.30. The first-order valence-electron chi connectivity index (χ1n) is 5.97. The monoisotopic (exact) mass is 279 g/mol. The topological polar surface area (TPSA) is 108 Å². The van der Waals surface area contributed by atoms with Crippen LogP contribution < -0.4 is 10.6 Å². The quantitative estimate of drug-likeness (QED) is 0.774. The summed E-state index contributed by atoms with van der Waals surface area (Å²) < 4.78 is 0. The number of nitrogens with zero attached hydrogens (tertiary/aromatic N) is 1. The second-order valence-electron chi connectivity index (χ2n) is 5.06. The Hall–Kier alpha value is -2.44. The fraction of sp³-hybridized carbons (Fsp3) is 0.385. The van der Waals surface area contributed by atoms with E-state index in [1.807, 2.05) is 0 Å². The molecule has 3 N–H and O–H groups in total. The van der Waals surface area contributed by atoms with E-state index in [1.54, 1.807) is 19.1 Å². The lowest BCUT2D eigenvalue weighted by molar-refractivity contribution is -0.149. The van der Waals surface area contributed by atoms with E-state index >= 15 is 0 Å². The molecule has 0 aliphatic heterocycles. The molecular formula is C13H17N3O4. The minimum absolute atomic E-state index is 0.290. The van der Waals surface area contributed by atoms with E-state index < -0.39 is 23.3 Å². The van der Waals surface area contributed by atoms with Crippen molar-refractivity contribution in [3.8, 4) is 0 Å². The summed E-state index contributed by atoms with van der Waals surface area (Å²) in [5.41, 5.74) is 0.0177. The van der Waals surface area contributed by atoms with E-state index in [0.717, 1.165) is 5.69 Å². The minimum Gasteiger partial charge on any atom is -0.481 e. The third-order valence-electron chi connectivity index (χ3n) is 2.60. The lowest BCUT2D eigenvalue weighted by atomic mass is 9.89. The van der Waals surface area contributed by atoms with Gasteiger partial charge >= 0.3 is 12.0 Å². The summed E-state index contributed by atoms with van der Waals surface area (Å²) in [5, 5.41) is 13.4. The number of carbonyl (C=O) groups is 3. The van der Waals surface area contributed by atoms with Gasteiger partial charge in [-0.25, -0.2) is 4.79 Å². The molecule has 108 valence electrons. The fourth-order valence-electron chi connectivity index (χ4n) is 1.35. The highest BCUT2D eigenvalue weighted by atomic mass is 16.4. The van der Waals surface area contributed by atoms with Crippen molar-refractivity contribution in [3.05, 3.63) is 24.0 Å².